The first-order valence-electron chi connectivity index (χ1n) is 12.8. The predicted octanol–water partition coefficient (Wildman–Crippen LogP) is 5.21. The van der Waals surface area contributed by atoms with E-state index in [1.54, 1.807) is 4.90 Å². The molecule has 4 rings (SSSR count). The van der Waals surface area contributed by atoms with Crippen LogP contribution < -0.4 is 10.2 Å². The molecule has 1 fully saturated rings. The molecule has 2 atom stereocenters. The van der Waals surface area contributed by atoms with Gasteiger partial charge >= 0.3 is 0 Å². The summed E-state index contributed by atoms with van der Waals surface area (Å²) in [6.45, 7) is 10.7. The van der Waals surface area contributed by atoms with E-state index in [2.05, 4.69) is 43.1 Å². The largest absolute Gasteiger partial charge is 0.355 e. The Morgan fingerprint density at radius 2 is 1.80 bits per heavy atom. The number of thioether (sulfide) groups is 1. The molecule has 2 aliphatic rings. The summed E-state index contributed by atoms with van der Waals surface area (Å²) in [6.07, 6.45) is 5.13. The number of benzene rings is 2. The third kappa shape index (κ3) is 6.77. The van der Waals surface area contributed by atoms with Gasteiger partial charge in [-0.1, -0.05) is 68.9 Å². The van der Waals surface area contributed by atoms with E-state index in [1.165, 1.54) is 23.7 Å². The summed E-state index contributed by atoms with van der Waals surface area (Å²) >= 11 is 1.47. The molecule has 2 aliphatic heterocycles. The van der Waals surface area contributed by atoms with E-state index >= 15 is 0 Å². The topological polar surface area (TPSA) is 52.7 Å². The van der Waals surface area contributed by atoms with Crippen LogP contribution in [0.3, 0.4) is 0 Å². The second-order valence-corrected chi connectivity index (χ2v) is 11.1. The zero-order chi connectivity index (χ0) is 24.8. The van der Waals surface area contributed by atoms with E-state index in [0.29, 0.717) is 11.4 Å². The highest BCUT2D eigenvalue weighted by molar-refractivity contribution is 8.04. The van der Waals surface area contributed by atoms with Crippen LogP contribution >= 0.6 is 11.8 Å². The van der Waals surface area contributed by atoms with Crippen molar-refractivity contribution in [3.8, 4) is 0 Å². The molecule has 186 valence electrons. The Balaban J connectivity index is 1.37. The molecule has 35 heavy (non-hydrogen) atoms. The SMILES string of the molecule is CCc1ccc(/C=C2/Sc3ccccc3N(CC(=O)NCCCN3C[C@H](C)C[C@H](C)C3)C2=O)cc1. The lowest BCUT2D eigenvalue weighted by Gasteiger charge is -2.35. The molecule has 0 saturated carbocycles. The number of para-hydroxylation sites is 1. The number of nitrogens with zero attached hydrogens (tertiary/aromatic N) is 2. The molecule has 6 heteroatoms. The van der Waals surface area contributed by atoms with E-state index in [9.17, 15) is 9.59 Å². The molecule has 2 aromatic carbocycles. The molecule has 1 saturated heterocycles. The molecule has 2 heterocycles. The number of hydrogen-bond donors (Lipinski definition) is 1. The van der Waals surface area contributed by atoms with E-state index in [0.717, 1.165) is 60.5 Å². The number of piperidine rings is 1. The highest BCUT2D eigenvalue weighted by Gasteiger charge is 2.30. The molecule has 0 aliphatic carbocycles. The number of nitrogens with one attached hydrogen (secondary N) is 1. The Morgan fingerprint density at radius 3 is 2.51 bits per heavy atom. The van der Waals surface area contributed by atoms with Crippen molar-refractivity contribution in [1.82, 2.24) is 10.2 Å². The average Bonchev–Trinajstić information content (AvgIpc) is 2.84. The van der Waals surface area contributed by atoms with Crippen LogP contribution in [0.1, 0.15) is 44.7 Å². The molecule has 2 aromatic rings. The first kappa shape index (κ1) is 25.5. The van der Waals surface area contributed by atoms with Gasteiger partial charge in [0.05, 0.1) is 10.6 Å². The van der Waals surface area contributed by atoms with Crippen molar-refractivity contribution in [2.75, 3.05) is 37.6 Å². The van der Waals surface area contributed by atoms with Crippen LogP contribution in [0.15, 0.2) is 58.3 Å². The molecule has 0 radical (unpaired) electrons. The molecular weight excluding hydrogens is 454 g/mol. The number of carbonyl (C=O) groups is 2. The van der Waals surface area contributed by atoms with Gasteiger partial charge in [-0.05, 0) is 67.0 Å². The number of aryl methyl sites for hydroxylation is 1. The molecule has 0 spiro atoms. The molecule has 0 unspecified atom stereocenters. The van der Waals surface area contributed by atoms with Gasteiger partial charge < -0.3 is 10.2 Å². The van der Waals surface area contributed by atoms with Gasteiger partial charge in [-0.25, -0.2) is 0 Å². The summed E-state index contributed by atoms with van der Waals surface area (Å²) in [5.41, 5.74) is 3.05. The first-order chi connectivity index (χ1) is 16.9. The lowest BCUT2D eigenvalue weighted by Crippen LogP contribution is -2.43. The summed E-state index contributed by atoms with van der Waals surface area (Å²) in [7, 11) is 0. The summed E-state index contributed by atoms with van der Waals surface area (Å²) in [4.78, 5) is 32.0. The smallest absolute Gasteiger partial charge is 0.265 e. The monoisotopic (exact) mass is 491 g/mol. The van der Waals surface area contributed by atoms with Crippen molar-refractivity contribution in [1.29, 1.82) is 0 Å². The van der Waals surface area contributed by atoms with E-state index < -0.39 is 0 Å². The number of hydrogen-bond acceptors (Lipinski definition) is 4. The average molecular weight is 492 g/mol. The number of fused-ring (bicyclic) bond motifs is 1. The Morgan fingerprint density at radius 1 is 1.09 bits per heavy atom. The zero-order valence-electron chi connectivity index (χ0n) is 21.1. The second kappa shape index (κ2) is 11.9. The third-order valence-electron chi connectivity index (χ3n) is 6.74. The highest BCUT2D eigenvalue weighted by atomic mass is 32.2. The van der Waals surface area contributed by atoms with Gasteiger partial charge in [0.2, 0.25) is 5.91 Å². The Bertz CT molecular complexity index is 1060. The van der Waals surface area contributed by atoms with Gasteiger partial charge in [0.15, 0.2) is 0 Å². The van der Waals surface area contributed by atoms with Crippen molar-refractivity contribution >= 4 is 35.3 Å². The van der Waals surface area contributed by atoms with E-state index in [4.69, 9.17) is 0 Å². The van der Waals surface area contributed by atoms with Crippen molar-refractivity contribution < 1.29 is 9.59 Å². The zero-order valence-corrected chi connectivity index (χ0v) is 21.9. The molecule has 0 bridgehead atoms. The van der Waals surface area contributed by atoms with Gasteiger partial charge in [-0.15, -0.1) is 0 Å². The number of carbonyl (C=O) groups excluding carboxylic acids is 2. The van der Waals surface area contributed by atoms with Crippen LogP contribution in [0.5, 0.6) is 0 Å². The van der Waals surface area contributed by atoms with Crippen molar-refractivity contribution in [3.63, 3.8) is 0 Å². The summed E-state index contributed by atoms with van der Waals surface area (Å²) in [6, 6.07) is 16.1. The predicted molar refractivity (Wildman–Crippen MR) is 145 cm³/mol. The maximum atomic E-state index is 13.4. The van der Waals surface area contributed by atoms with Crippen LogP contribution in [0, 0.1) is 11.8 Å². The summed E-state index contributed by atoms with van der Waals surface area (Å²) < 4.78 is 0. The van der Waals surface area contributed by atoms with E-state index in [1.807, 2.05) is 42.5 Å². The lowest BCUT2D eigenvalue weighted by atomic mass is 9.92. The minimum Gasteiger partial charge on any atom is -0.355 e. The fourth-order valence-corrected chi connectivity index (χ4v) is 6.18. The van der Waals surface area contributed by atoms with Gasteiger partial charge in [0, 0.05) is 24.5 Å². The first-order valence-corrected chi connectivity index (χ1v) is 13.6. The molecule has 2 amide bonds. The Hall–Kier alpha value is -2.57. The van der Waals surface area contributed by atoms with E-state index in [-0.39, 0.29) is 18.4 Å². The normalized spacial score (nSPS) is 21.7. The number of anilines is 1. The van der Waals surface area contributed by atoms with Crippen molar-refractivity contribution in [3.05, 3.63) is 64.6 Å². The number of likely N-dealkylation sites (tertiary alicyclic amines) is 1. The van der Waals surface area contributed by atoms with Gasteiger partial charge in [-0.3, -0.25) is 14.5 Å². The Kier molecular flexibility index (Phi) is 8.69. The Labute approximate surface area is 214 Å². The fourth-order valence-electron chi connectivity index (χ4n) is 5.12. The van der Waals surface area contributed by atoms with Crippen LogP contribution in [0.4, 0.5) is 5.69 Å². The molecular formula is C29H37N3O2S. The standard InChI is InChI=1S/C29H37N3O2S/c1-4-23-10-12-24(13-11-23)17-27-29(34)32(25-8-5-6-9-26(25)35-27)20-28(33)30-14-7-15-31-18-21(2)16-22(3)19-31/h5-6,8-13,17,21-22H,4,7,14-16,18-20H2,1-3H3,(H,30,33)/b27-17+/t21-,22+. The minimum absolute atomic E-state index is 0.0281. The fraction of sp³-hybridized carbons (Fsp3) is 0.448. The number of rotatable bonds is 8. The number of amides is 2. The molecule has 0 aromatic heterocycles. The molecule has 5 nitrogen and oxygen atoms in total. The maximum absolute atomic E-state index is 13.4. The van der Waals surface area contributed by atoms with Crippen LogP contribution in [-0.2, 0) is 16.0 Å². The summed E-state index contributed by atoms with van der Waals surface area (Å²) in [5, 5.41) is 3.03. The van der Waals surface area contributed by atoms with Gasteiger partial charge in [-0.2, -0.15) is 0 Å². The van der Waals surface area contributed by atoms with Crippen molar-refractivity contribution in [2.45, 2.75) is 44.9 Å². The quantitative estimate of drug-likeness (QED) is 0.407. The second-order valence-electron chi connectivity index (χ2n) is 9.97. The maximum Gasteiger partial charge on any atom is 0.265 e. The lowest BCUT2D eigenvalue weighted by molar-refractivity contribution is -0.122. The summed E-state index contributed by atoms with van der Waals surface area (Å²) in [5.74, 6) is 1.23. The van der Waals surface area contributed by atoms with Crippen molar-refractivity contribution in [2.24, 2.45) is 11.8 Å². The van der Waals surface area contributed by atoms with Crippen LogP contribution in [0.2, 0.25) is 0 Å². The van der Waals surface area contributed by atoms with Crippen LogP contribution in [0.25, 0.3) is 6.08 Å². The third-order valence-corrected chi connectivity index (χ3v) is 7.81. The minimum atomic E-state index is -0.125. The highest BCUT2D eigenvalue weighted by Crippen LogP contribution is 2.41. The van der Waals surface area contributed by atoms with Gasteiger partial charge in [0.1, 0.15) is 6.54 Å². The van der Waals surface area contributed by atoms with Crippen LogP contribution in [-0.4, -0.2) is 49.4 Å². The van der Waals surface area contributed by atoms with Gasteiger partial charge in [0.25, 0.3) is 5.91 Å². The molecule has 1 N–H and O–H groups in total.